The van der Waals surface area contributed by atoms with E-state index in [1.807, 2.05) is 19.1 Å². The van der Waals surface area contributed by atoms with Crippen LogP contribution in [-0.4, -0.2) is 0 Å². The fourth-order valence-corrected chi connectivity index (χ4v) is 6.79. The Labute approximate surface area is 204 Å². The normalized spacial score (nSPS) is 25.2. The van der Waals surface area contributed by atoms with Gasteiger partial charge in [-0.3, -0.25) is 0 Å². The molecule has 0 amide bonds. The first-order chi connectivity index (χ1) is 16.5. The molecule has 0 aromatic heterocycles. The highest BCUT2D eigenvalue weighted by molar-refractivity contribution is 5.85. The van der Waals surface area contributed by atoms with Gasteiger partial charge in [0.15, 0.2) is 0 Å². The third kappa shape index (κ3) is 5.71. The number of hydrogen-bond donors (Lipinski definition) is 0. The lowest BCUT2D eigenvalue weighted by atomic mass is 9.63. The van der Waals surface area contributed by atoms with Crippen molar-refractivity contribution in [2.75, 3.05) is 0 Å². The summed E-state index contributed by atoms with van der Waals surface area (Å²) in [6, 6.07) is 4.54. The fourth-order valence-electron chi connectivity index (χ4n) is 6.79. The second kappa shape index (κ2) is 11.8. The second-order valence-corrected chi connectivity index (χ2v) is 10.9. The lowest BCUT2D eigenvalue weighted by molar-refractivity contribution is 0.111. The van der Waals surface area contributed by atoms with Crippen LogP contribution in [0.5, 0.6) is 0 Å². The second-order valence-electron chi connectivity index (χ2n) is 10.9. The Hall–Kier alpha value is -1.77. The molecule has 2 aromatic rings. The van der Waals surface area contributed by atoms with Crippen LogP contribution in [0.4, 0.5) is 13.2 Å². The summed E-state index contributed by atoms with van der Waals surface area (Å²) in [5.74, 6) is 0.219. The standard InChI is InChI=1S/C31H41F3/c1-3-5-7-9-10-21-12-13-24-19-25(15-14-23(24)16-21)29-28(33)20-26-17-22(11-8-6-4-2)18-27(32)30(26)31(29)34/h4,6,17-18,20-21,23-25H,3,5,7-16,19H2,1-2H3. The van der Waals surface area contributed by atoms with Crippen molar-refractivity contribution in [2.24, 2.45) is 17.8 Å². The molecule has 0 aliphatic heterocycles. The van der Waals surface area contributed by atoms with E-state index >= 15 is 8.78 Å². The van der Waals surface area contributed by atoms with Crippen LogP contribution in [-0.2, 0) is 6.42 Å². The van der Waals surface area contributed by atoms with Gasteiger partial charge in [0, 0.05) is 5.56 Å². The van der Waals surface area contributed by atoms with Crippen LogP contribution in [0, 0.1) is 35.2 Å². The predicted molar refractivity (Wildman–Crippen MR) is 137 cm³/mol. The molecule has 0 nitrogen and oxygen atoms in total. The van der Waals surface area contributed by atoms with Gasteiger partial charge < -0.3 is 0 Å². The van der Waals surface area contributed by atoms with Crippen molar-refractivity contribution >= 4 is 10.8 Å². The van der Waals surface area contributed by atoms with E-state index in [-0.39, 0.29) is 16.9 Å². The number of rotatable bonds is 9. The number of halogens is 3. The van der Waals surface area contributed by atoms with Crippen LogP contribution in [0.3, 0.4) is 0 Å². The van der Waals surface area contributed by atoms with E-state index in [1.54, 1.807) is 6.07 Å². The van der Waals surface area contributed by atoms with Crippen molar-refractivity contribution in [1.82, 2.24) is 0 Å². The zero-order chi connectivity index (χ0) is 24.1. The summed E-state index contributed by atoms with van der Waals surface area (Å²) in [7, 11) is 0. The van der Waals surface area contributed by atoms with Gasteiger partial charge in [0.1, 0.15) is 17.5 Å². The highest BCUT2D eigenvalue weighted by Crippen LogP contribution is 2.49. The molecule has 186 valence electrons. The Morgan fingerprint density at radius 1 is 0.882 bits per heavy atom. The maximum Gasteiger partial charge on any atom is 0.140 e. The Morgan fingerprint density at radius 2 is 1.68 bits per heavy atom. The summed E-state index contributed by atoms with van der Waals surface area (Å²) in [4.78, 5) is 0. The van der Waals surface area contributed by atoms with E-state index in [9.17, 15) is 4.39 Å². The van der Waals surface area contributed by atoms with Crippen molar-refractivity contribution in [2.45, 2.75) is 103 Å². The quantitative estimate of drug-likeness (QED) is 0.253. The first kappa shape index (κ1) is 25.3. The third-order valence-electron chi connectivity index (χ3n) is 8.61. The van der Waals surface area contributed by atoms with E-state index in [0.29, 0.717) is 23.6 Å². The van der Waals surface area contributed by atoms with E-state index in [1.165, 1.54) is 63.5 Å². The number of hydrogen-bond acceptors (Lipinski definition) is 0. The van der Waals surface area contributed by atoms with Crippen LogP contribution in [0.1, 0.15) is 108 Å². The maximum absolute atomic E-state index is 15.6. The predicted octanol–water partition coefficient (Wildman–Crippen LogP) is 10.0. The van der Waals surface area contributed by atoms with E-state index in [2.05, 4.69) is 6.92 Å². The van der Waals surface area contributed by atoms with Gasteiger partial charge >= 0.3 is 0 Å². The van der Waals surface area contributed by atoms with E-state index < -0.39 is 17.5 Å². The minimum absolute atomic E-state index is 0.0379. The molecule has 0 saturated heterocycles. The van der Waals surface area contributed by atoms with Gasteiger partial charge in [0.25, 0.3) is 0 Å². The van der Waals surface area contributed by atoms with Crippen LogP contribution in [0.2, 0.25) is 0 Å². The Morgan fingerprint density at radius 3 is 2.47 bits per heavy atom. The molecule has 2 saturated carbocycles. The molecular formula is C31H41F3. The van der Waals surface area contributed by atoms with Crippen molar-refractivity contribution in [1.29, 1.82) is 0 Å². The Bertz CT molecular complexity index is 992. The first-order valence-corrected chi connectivity index (χ1v) is 13.7. The molecule has 2 aromatic carbocycles. The van der Waals surface area contributed by atoms with Gasteiger partial charge in [-0.15, -0.1) is 0 Å². The van der Waals surface area contributed by atoms with Crippen LogP contribution in [0.15, 0.2) is 30.4 Å². The average Bonchev–Trinajstić information content (AvgIpc) is 2.81. The molecule has 3 heteroatoms. The molecule has 0 N–H and O–H groups in total. The number of unbranched alkanes of at least 4 members (excludes halogenated alkanes) is 3. The lowest BCUT2D eigenvalue weighted by Gasteiger charge is -2.42. The molecule has 2 fully saturated rings. The minimum atomic E-state index is -0.666. The number of aryl methyl sites for hydroxylation is 1. The van der Waals surface area contributed by atoms with Gasteiger partial charge in [-0.2, -0.15) is 0 Å². The minimum Gasteiger partial charge on any atom is -0.207 e. The topological polar surface area (TPSA) is 0 Å². The Balaban J connectivity index is 1.47. The largest absolute Gasteiger partial charge is 0.207 e. The molecule has 0 spiro atoms. The SMILES string of the molecule is CC=CCCc1cc(F)c2c(F)c(C3CCC4CC(CCCCCC)CCC4C3)c(F)cc2c1. The monoisotopic (exact) mass is 470 g/mol. The summed E-state index contributed by atoms with van der Waals surface area (Å²) in [5, 5.41) is 0.301. The van der Waals surface area contributed by atoms with Crippen LogP contribution in [0.25, 0.3) is 10.8 Å². The summed E-state index contributed by atoms with van der Waals surface area (Å²) >= 11 is 0. The van der Waals surface area contributed by atoms with E-state index in [0.717, 1.165) is 37.2 Å². The Kier molecular flexibility index (Phi) is 8.77. The zero-order valence-electron chi connectivity index (χ0n) is 21.0. The van der Waals surface area contributed by atoms with Gasteiger partial charge in [-0.1, -0.05) is 63.7 Å². The molecule has 34 heavy (non-hydrogen) atoms. The van der Waals surface area contributed by atoms with Gasteiger partial charge in [0.05, 0.1) is 5.39 Å². The molecule has 0 radical (unpaired) electrons. The number of benzene rings is 2. The highest BCUT2D eigenvalue weighted by atomic mass is 19.1. The van der Waals surface area contributed by atoms with Gasteiger partial charge in [-0.05, 0) is 98.6 Å². The molecular weight excluding hydrogens is 429 g/mol. The van der Waals surface area contributed by atoms with Crippen molar-refractivity contribution in [3.05, 3.63) is 58.9 Å². The number of fused-ring (bicyclic) bond motifs is 2. The summed E-state index contributed by atoms with van der Waals surface area (Å²) in [6.45, 7) is 4.20. The highest BCUT2D eigenvalue weighted by Gasteiger charge is 2.37. The zero-order valence-corrected chi connectivity index (χ0v) is 21.0. The van der Waals surface area contributed by atoms with Crippen LogP contribution < -0.4 is 0 Å². The van der Waals surface area contributed by atoms with Gasteiger partial charge in [0.2, 0.25) is 0 Å². The third-order valence-corrected chi connectivity index (χ3v) is 8.61. The van der Waals surface area contributed by atoms with Crippen molar-refractivity contribution in [3.63, 3.8) is 0 Å². The van der Waals surface area contributed by atoms with Crippen molar-refractivity contribution in [3.8, 4) is 0 Å². The van der Waals surface area contributed by atoms with Gasteiger partial charge in [-0.25, -0.2) is 13.2 Å². The first-order valence-electron chi connectivity index (χ1n) is 13.7. The summed E-state index contributed by atoms with van der Waals surface area (Å²) in [5.41, 5.74) is 0.912. The molecule has 0 heterocycles. The van der Waals surface area contributed by atoms with E-state index in [4.69, 9.17) is 0 Å². The molecule has 4 atom stereocenters. The molecule has 2 aliphatic carbocycles. The lowest BCUT2D eigenvalue weighted by Crippen LogP contribution is -2.31. The molecule has 0 bridgehead atoms. The van der Waals surface area contributed by atoms with Crippen LogP contribution >= 0.6 is 0 Å². The number of allylic oxidation sites excluding steroid dienone is 2. The summed E-state index contributed by atoms with van der Waals surface area (Å²) in [6.07, 6.45) is 18.5. The maximum atomic E-state index is 15.6. The molecule has 4 unspecified atom stereocenters. The molecule has 2 aliphatic rings. The fraction of sp³-hybridized carbons (Fsp3) is 0.613. The smallest absolute Gasteiger partial charge is 0.140 e. The van der Waals surface area contributed by atoms with Crippen molar-refractivity contribution < 1.29 is 13.2 Å². The average molecular weight is 471 g/mol. The summed E-state index contributed by atoms with van der Waals surface area (Å²) < 4.78 is 45.8. The molecule has 4 rings (SSSR count).